The Hall–Kier alpha value is -2.43. The average Bonchev–Trinajstić information content (AvgIpc) is 3.02. The maximum atomic E-state index is 12.6. The van der Waals surface area contributed by atoms with Crippen LogP contribution in [-0.4, -0.2) is 13.4 Å². The number of hydrogen-bond donors (Lipinski definition) is 2. The monoisotopic (exact) mass is 413 g/mol. The average molecular weight is 413 g/mol. The van der Waals surface area contributed by atoms with Crippen LogP contribution >= 0.6 is 11.3 Å². The number of benzene rings is 2. The van der Waals surface area contributed by atoms with Crippen molar-refractivity contribution >= 4 is 32.2 Å². The van der Waals surface area contributed by atoms with Gasteiger partial charge in [0.1, 0.15) is 0 Å². The van der Waals surface area contributed by atoms with Gasteiger partial charge < -0.3 is 5.32 Å². The van der Waals surface area contributed by atoms with Gasteiger partial charge >= 0.3 is 6.18 Å². The summed E-state index contributed by atoms with van der Waals surface area (Å²) < 4.78 is 60.7. The Morgan fingerprint density at radius 1 is 1.11 bits per heavy atom. The number of primary sulfonamides is 1. The fourth-order valence-corrected chi connectivity index (χ4v) is 3.96. The van der Waals surface area contributed by atoms with Gasteiger partial charge in [-0.1, -0.05) is 6.07 Å². The molecule has 0 aliphatic heterocycles. The SMILES string of the molecule is Cc1cc(-c2csc(Nc3ccc(C(F)(F)F)cc3)n2)ccc1S(N)(=O)=O. The van der Waals surface area contributed by atoms with E-state index >= 15 is 0 Å². The van der Waals surface area contributed by atoms with Crippen LogP contribution in [0.5, 0.6) is 0 Å². The maximum absolute atomic E-state index is 12.6. The van der Waals surface area contributed by atoms with Crippen LogP contribution in [0, 0.1) is 6.92 Å². The predicted molar refractivity (Wildman–Crippen MR) is 98.4 cm³/mol. The van der Waals surface area contributed by atoms with Crippen LogP contribution < -0.4 is 10.5 Å². The lowest BCUT2D eigenvalue weighted by Crippen LogP contribution is -2.13. The number of aryl methyl sites for hydroxylation is 1. The molecule has 1 aromatic heterocycles. The molecule has 0 atom stereocenters. The summed E-state index contributed by atoms with van der Waals surface area (Å²) in [5.74, 6) is 0. The summed E-state index contributed by atoms with van der Waals surface area (Å²) in [6.45, 7) is 1.64. The number of nitrogens with one attached hydrogen (secondary N) is 1. The van der Waals surface area contributed by atoms with Gasteiger partial charge in [-0.05, 0) is 48.9 Å². The van der Waals surface area contributed by atoms with Gasteiger partial charge in [0, 0.05) is 16.6 Å². The summed E-state index contributed by atoms with van der Waals surface area (Å²) >= 11 is 1.28. The number of rotatable bonds is 4. The highest BCUT2D eigenvalue weighted by Gasteiger charge is 2.29. The molecule has 3 N–H and O–H groups in total. The van der Waals surface area contributed by atoms with E-state index in [-0.39, 0.29) is 4.90 Å². The number of anilines is 2. The molecule has 3 rings (SSSR count). The lowest BCUT2D eigenvalue weighted by molar-refractivity contribution is -0.137. The van der Waals surface area contributed by atoms with Gasteiger partial charge in [-0.25, -0.2) is 18.5 Å². The van der Waals surface area contributed by atoms with Gasteiger partial charge in [0.05, 0.1) is 16.2 Å². The first-order chi connectivity index (χ1) is 12.5. The topological polar surface area (TPSA) is 85.1 Å². The third-order valence-corrected chi connectivity index (χ3v) is 5.57. The minimum atomic E-state index is -4.38. The number of sulfonamides is 1. The quantitative estimate of drug-likeness (QED) is 0.658. The van der Waals surface area contributed by atoms with E-state index in [9.17, 15) is 21.6 Å². The number of hydrogen-bond acceptors (Lipinski definition) is 5. The first-order valence-electron chi connectivity index (χ1n) is 7.58. The first-order valence-corrected chi connectivity index (χ1v) is 10.0. The Morgan fingerprint density at radius 3 is 2.33 bits per heavy atom. The van der Waals surface area contributed by atoms with E-state index in [1.807, 2.05) is 0 Å². The van der Waals surface area contributed by atoms with E-state index < -0.39 is 21.8 Å². The molecule has 0 saturated heterocycles. The van der Waals surface area contributed by atoms with E-state index in [0.717, 1.165) is 12.1 Å². The predicted octanol–water partition coefficient (Wildman–Crippen LogP) is 4.53. The molecule has 0 aliphatic rings. The Bertz CT molecular complexity index is 1080. The maximum Gasteiger partial charge on any atom is 0.416 e. The zero-order valence-electron chi connectivity index (χ0n) is 13.9. The highest BCUT2D eigenvalue weighted by molar-refractivity contribution is 7.89. The van der Waals surface area contributed by atoms with E-state index in [0.29, 0.717) is 27.6 Å². The van der Waals surface area contributed by atoms with Crippen LogP contribution in [-0.2, 0) is 16.2 Å². The molecule has 0 amide bonds. The summed E-state index contributed by atoms with van der Waals surface area (Å²) in [5.41, 5.74) is 1.57. The molecule has 5 nitrogen and oxygen atoms in total. The molecule has 142 valence electrons. The Kier molecular flexibility index (Phi) is 4.98. The van der Waals surface area contributed by atoms with Crippen molar-refractivity contribution < 1.29 is 21.6 Å². The summed E-state index contributed by atoms with van der Waals surface area (Å²) in [7, 11) is -3.79. The van der Waals surface area contributed by atoms with Crippen molar-refractivity contribution in [2.45, 2.75) is 18.0 Å². The largest absolute Gasteiger partial charge is 0.416 e. The minimum Gasteiger partial charge on any atom is -0.332 e. The van der Waals surface area contributed by atoms with E-state index in [4.69, 9.17) is 5.14 Å². The number of halogens is 3. The summed E-state index contributed by atoms with van der Waals surface area (Å²) in [5, 5.41) is 10.4. The van der Waals surface area contributed by atoms with Crippen LogP contribution in [0.3, 0.4) is 0 Å². The second kappa shape index (κ2) is 6.95. The molecule has 0 aliphatic carbocycles. The molecule has 0 unspecified atom stereocenters. The third kappa shape index (κ3) is 4.46. The van der Waals surface area contributed by atoms with Gasteiger partial charge in [-0.15, -0.1) is 11.3 Å². The highest BCUT2D eigenvalue weighted by Crippen LogP contribution is 2.32. The lowest BCUT2D eigenvalue weighted by Gasteiger charge is -2.08. The molecule has 10 heteroatoms. The Morgan fingerprint density at radius 2 is 1.78 bits per heavy atom. The first kappa shape index (κ1) is 19.3. The zero-order chi connectivity index (χ0) is 19.8. The van der Waals surface area contributed by atoms with E-state index in [1.165, 1.54) is 29.5 Å². The van der Waals surface area contributed by atoms with Gasteiger partial charge in [0.25, 0.3) is 0 Å². The normalized spacial score (nSPS) is 12.2. The van der Waals surface area contributed by atoms with Gasteiger partial charge in [0.2, 0.25) is 10.0 Å². The van der Waals surface area contributed by atoms with Crippen LogP contribution in [0.4, 0.5) is 24.0 Å². The number of alkyl halides is 3. The number of thiazole rings is 1. The Labute approximate surface area is 157 Å². The molecule has 1 heterocycles. The summed E-state index contributed by atoms with van der Waals surface area (Å²) in [6, 6.07) is 9.32. The van der Waals surface area contributed by atoms with Crippen molar-refractivity contribution in [1.82, 2.24) is 4.98 Å². The second-order valence-corrected chi connectivity index (χ2v) is 8.15. The number of nitrogens with zero attached hydrogens (tertiary/aromatic N) is 1. The number of aromatic nitrogens is 1. The molecule has 0 saturated carbocycles. The van der Waals surface area contributed by atoms with Crippen LogP contribution in [0.25, 0.3) is 11.3 Å². The fourth-order valence-electron chi connectivity index (χ4n) is 2.46. The van der Waals surface area contributed by atoms with Crippen molar-refractivity contribution in [1.29, 1.82) is 0 Å². The molecular weight excluding hydrogens is 399 g/mol. The molecule has 0 spiro atoms. The standard InChI is InChI=1S/C17H14F3N3O2S2/c1-10-8-11(2-7-15(10)27(21,24)25)14-9-26-16(23-14)22-13-5-3-12(4-6-13)17(18,19)20/h2-9H,1H3,(H,22,23)(H2,21,24,25). The zero-order valence-corrected chi connectivity index (χ0v) is 15.5. The molecule has 27 heavy (non-hydrogen) atoms. The van der Waals surface area contributed by atoms with E-state index in [2.05, 4.69) is 10.3 Å². The smallest absolute Gasteiger partial charge is 0.332 e. The van der Waals surface area contributed by atoms with Crippen LogP contribution in [0.2, 0.25) is 0 Å². The summed E-state index contributed by atoms with van der Waals surface area (Å²) in [6.07, 6.45) is -4.38. The highest BCUT2D eigenvalue weighted by atomic mass is 32.2. The molecule has 0 radical (unpaired) electrons. The Balaban J connectivity index is 1.80. The summed E-state index contributed by atoms with van der Waals surface area (Å²) in [4.78, 5) is 4.43. The minimum absolute atomic E-state index is 0.0459. The number of nitrogens with two attached hydrogens (primary N) is 1. The second-order valence-electron chi connectivity index (χ2n) is 5.76. The molecular formula is C17H14F3N3O2S2. The van der Waals surface area contributed by atoms with Crippen molar-refractivity contribution in [3.05, 3.63) is 59.0 Å². The van der Waals surface area contributed by atoms with Gasteiger partial charge in [-0.2, -0.15) is 13.2 Å². The van der Waals surface area contributed by atoms with Crippen molar-refractivity contribution in [2.24, 2.45) is 5.14 Å². The fraction of sp³-hybridized carbons (Fsp3) is 0.118. The van der Waals surface area contributed by atoms with Gasteiger partial charge in [0.15, 0.2) is 5.13 Å². The van der Waals surface area contributed by atoms with Crippen molar-refractivity contribution in [2.75, 3.05) is 5.32 Å². The van der Waals surface area contributed by atoms with E-state index in [1.54, 1.807) is 24.4 Å². The van der Waals surface area contributed by atoms with Crippen LogP contribution in [0.1, 0.15) is 11.1 Å². The van der Waals surface area contributed by atoms with Crippen LogP contribution in [0.15, 0.2) is 52.7 Å². The third-order valence-electron chi connectivity index (χ3n) is 3.74. The molecule has 2 aromatic carbocycles. The molecule has 0 bridgehead atoms. The molecule has 3 aromatic rings. The van der Waals surface area contributed by atoms with Crippen molar-refractivity contribution in [3.63, 3.8) is 0 Å². The lowest BCUT2D eigenvalue weighted by atomic mass is 10.1. The van der Waals surface area contributed by atoms with Gasteiger partial charge in [-0.3, -0.25) is 0 Å². The van der Waals surface area contributed by atoms with Crippen molar-refractivity contribution in [3.8, 4) is 11.3 Å². The molecule has 0 fully saturated rings.